The van der Waals surface area contributed by atoms with E-state index in [-0.39, 0.29) is 0 Å². The zero-order valence-corrected chi connectivity index (χ0v) is 12.2. The summed E-state index contributed by atoms with van der Waals surface area (Å²) >= 11 is 11.8. The lowest BCUT2D eigenvalue weighted by atomic mass is 10.1. The Morgan fingerprint density at radius 2 is 1.55 bits per heavy atom. The van der Waals surface area contributed by atoms with Crippen molar-refractivity contribution >= 4 is 23.2 Å². The summed E-state index contributed by atoms with van der Waals surface area (Å²) in [7, 11) is 0. The first kappa shape index (κ1) is 14.5. The van der Waals surface area contributed by atoms with Gasteiger partial charge >= 0.3 is 0 Å². The molecule has 20 heavy (non-hydrogen) atoms. The van der Waals surface area contributed by atoms with Crippen molar-refractivity contribution in [3.05, 3.63) is 69.2 Å². The maximum absolute atomic E-state index is 8.72. The van der Waals surface area contributed by atoms with E-state index < -0.39 is 0 Å². The van der Waals surface area contributed by atoms with Crippen molar-refractivity contribution in [3.63, 3.8) is 0 Å². The van der Waals surface area contributed by atoms with E-state index >= 15 is 0 Å². The van der Waals surface area contributed by atoms with Crippen LogP contribution in [-0.4, -0.2) is 0 Å². The Bertz CT molecular complexity index is 680. The smallest absolute Gasteiger partial charge is 0.0991 e. The van der Waals surface area contributed by atoms with Gasteiger partial charge in [0.1, 0.15) is 0 Å². The first-order valence-electron chi connectivity index (χ1n) is 6.11. The molecule has 0 saturated carbocycles. The van der Waals surface area contributed by atoms with Crippen molar-refractivity contribution in [2.45, 2.75) is 12.8 Å². The van der Waals surface area contributed by atoms with Crippen molar-refractivity contribution in [2.75, 3.05) is 0 Å². The fourth-order valence-electron chi connectivity index (χ4n) is 1.74. The van der Waals surface area contributed by atoms with E-state index in [2.05, 4.69) is 17.9 Å². The zero-order valence-electron chi connectivity index (χ0n) is 10.7. The van der Waals surface area contributed by atoms with Crippen molar-refractivity contribution in [1.29, 1.82) is 5.26 Å². The molecule has 2 aromatic carbocycles. The Hall–Kier alpha value is -1.93. The molecule has 0 aliphatic heterocycles. The van der Waals surface area contributed by atoms with Gasteiger partial charge in [-0.2, -0.15) is 5.26 Å². The zero-order chi connectivity index (χ0) is 14.4. The number of hydrogen-bond acceptors (Lipinski definition) is 1. The Balaban J connectivity index is 1.96. The second-order valence-electron chi connectivity index (χ2n) is 4.27. The van der Waals surface area contributed by atoms with E-state index in [1.807, 2.05) is 24.3 Å². The van der Waals surface area contributed by atoms with Crippen LogP contribution in [0.3, 0.4) is 0 Å². The molecule has 0 amide bonds. The number of halogens is 2. The fraction of sp³-hybridized carbons (Fsp3) is 0.118. The van der Waals surface area contributed by atoms with Crippen LogP contribution in [0.1, 0.15) is 23.1 Å². The molecule has 98 valence electrons. The van der Waals surface area contributed by atoms with E-state index in [1.54, 1.807) is 18.2 Å². The third-order valence-electron chi connectivity index (χ3n) is 2.72. The average Bonchev–Trinajstić information content (AvgIpc) is 2.43. The summed E-state index contributed by atoms with van der Waals surface area (Å²) in [4.78, 5) is 0. The van der Waals surface area contributed by atoms with Gasteiger partial charge in [-0.05, 0) is 42.3 Å². The summed E-state index contributed by atoms with van der Waals surface area (Å²) in [5.74, 6) is 6.15. The van der Waals surface area contributed by atoms with Crippen LogP contribution in [0.2, 0.25) is 10.0 Å². The van der Waals surface area contributed by atoms with Gasteiger partial charge < -0.3 is 0 Å². The Morgan fingerprint density at radius 3 is 2.15 bits per heavy atom. The van der Waals surface area contributed by atoms with E-state index in [1.165, 1.54) is 5.56 Å². The minimum absolute atomic E-state index is 0.592. The van der Waals surface area contributed by atoms with E-state index in [0.717, 1.165) is 18.4 Å². The lowest BCUT2D eigenvalue weighted by Gasteiger charge is -1.97. The lowest BCUT2D eigenvalue weighted by molar-refractivity contribution is 1.03. The molecule has 0 N–H and O–H groups in total. The highest BCUT2D eigenvalue weighted by Crippen LogP contribution is 2.18. The average molecular weight is 300 g/mol. The van der Waals surface area contributed by atoms with Crippen LogP contribution >= 0.6 is 23.2 Å². The predicted octanol–water partition coefficient (Wildman–Crippen LogP) is 4.85. The molecule has 0 spiro atoms. The predicted molar refractivity (Wildman–Crippen MR) is 82.8 cm³/mol. The lowest BCUT2D eigenvalue weighted by Crippen LogP contribution is -1.84. The molecule has 0 bridgehead atoms. The summed E-state index contributed by atoms with van der Waals surface area (Å²) in [6.07, 6.45) is 1.60. The minimum atomic E-state index is 0.592. The van der Waals surface area contributed by atoms with Gasteiger partial charge in [0.25, 0.3) is 0 Å². The molecule has 2 aromatic rings. The number of nitrogens with zero attached hydrogens (tertiary/aromatic N) is 1. The van der Waals surface area contributed by atoms with E-state index in [0.29, 0.717) is 15.6 Å². The van der Waals surface area contributed by atoms with Crippen molar-refractivity contribution in [1.82, 2.24) is 0 Å². The molecule has 2 rings (SSSR count). The second-order valence-corrected chi connectivity index (χ2v) is 5.14. The summed E-state index contributed by atoms with van der Waals surface area (Å²) in [6, 6.07) is 14.9. The number of rotatable bonds is 2. The Labute approximate surface area is 128 Å². The van der Waals surface area contributed by atoms with Gasteiger partial charge in [-0.3, -0.25) is 0 Å². The van der Waals surface area contributed by atoms with Crippen LogP contribution in [0.5, 0.6) is 0 Å². The number of aryl methyl sites for hydroxylation is 1. The molecular formula is C17H11Cl2N. The van der Waals surface area contributed by atoms with Crippen LogP contribution < -0.4 is 0 Å². The van der Waals surface area contributed by atoms with Crippen LogP contribution in [0.15, 0.2) is 42.5 Å². The summed E-state index contributed by atoms with van der Waals surface area (Å²) in [5.41, 5.74) is 2.66. The normalized spacial score (nSPS) is 9.45. The topological polar surface area (TPSA) is 23.8 Å². The fourth-order valence-corrected chi connectivity index (χ4v) is 2.27. The van der Waals surface area contributed by atoms with Crippen LogP contribution in [0.4, 0.5) is 0 Å². The maximum atomic E-state index is 8.72. The van der Waals surface area contributed by atoms with Crippen molar-refractivity contribution in [3.8, 4) is 17.9 Å². The van der Waals surface area contributed by atoms with Gasteiger partial charge in [0.15, 0.2) is 0 Å². The van der Waals surface area contributed by atoms with Gasteiger partial charge in [-0.25, -0.2) is 0 Å². The largest absolute Gasteiger partial charge is 0.192 e. The van der Waals surface area contributed by atoms with Crippen LogP contribution in [0.25, 0.3) is 0 Å². The number of hydrogen-bond donors (Lipinski definition) is 0. The van der Waals surface area contributed by atoms with Crippen molar-refractivity contribution < 1.29 is 0 Å². The van der Waals surface area contributed by atoms with E-state index in [9.17, 15) is 0 Å². The summed E-state index contributed by atoms with van der Waals surface area (Å²) < 4.78 is 0. The maximum Gasteiger partial charge on any atom is 0.0991 e. The number of benzene rings is 2. The molecule has 0 atom stereocenters. The first-order valence-corrected chi connectivity index (χ1v) is 6.87. The molecule has 3 heteroatoms. The monoisotopic (exact) mass is 299 g/mol. The number of nitriles is 1. The Morgan fingerprint density at radius 1 is 0.900 bits per heavy atom. The van der Waals surface area contributed by atoms with Crippen molar-refractivity contribution in [2.24, 2.45) is 0 Å². The molecule has 0 saturated heterocycles. The second kappa shape index (κ2) is 7.01. The van der Waals surface area contributed by atoms with Gasteiger partial charge in [0.05, 0.1) is 11.6 Å². The molecule has 0 radical (unpaired) electrons. The molecule has 0 unspecified atom stereocenters. The Kier molecular flexibility index (Phi) is 5.08. The third-order valence-corrected chi connectivity index (χ3v) is 3.15. The van der Waals surface area contributed by atoms with Gasteiger partial charge in [0, 0.05) is 22.0 Å². The quantitative estimate of drug-likeness (QED) is 0.727. The first-order chi connectivity index (χ1) is 9.67. The highest BCUT2D eigenvalue weighted by molar-refractivity contribution is 6.34. The molecular weight excluding hydrogens is 289 g/mol. The molecule has 0 fully saturated rings. The third kappa shape index (κ3) is 4.32. The highest BCUT2D eigenvalue weighted by Gasteiger charge is 1.95. The van der Waals surface area contributed by atoms with Crippen LogP contribution in [0, 0.1) is 23.2 Å². The highest BCUT2D eigenvalue weighted by atomic mass is 35.5. The molecule has 0 heterocycles. The van der Waals surface area contributed by atoms with Gasteiger partial charge in [-0.15, -0.1) is 0 Å². The SMILES string of the molecule is N#Cc1ccc(CCC#Cc2cc(Cl)cc(Cl)c2)cc1. The molecule has 1 nitrogen and oxygen atoms in total. The van der Waals surface area contributed by atoms with E-state index in [4.69, 9.17) is 28.5 Å². The molecule has 0 aliphatic rings. The van der Waals surface area contributed by atoms with Gasteiger partial charge in [-0.1, -0.05) is 47.2 Å². The minimum Gasteiger partial charge on any atom is -0.192 e. The van der Waals surface area contributed by atoms with Gasteiger partial charge in [0.2, 0.25) is 0 Å². The molecule has 0 aromatic heterocycles. The standard InChI is InChI=1S/C17H11Cl2N/c18-16-9-15(10-17(19)11-16)4-2-1-3-13-5-7-14(12-20)8-6-13/h5-11H,1,3H2. The van der Waals surface area contributed by atoms with Crippen LogP contribution in [-0.2, 0) is 6.42 Å². The summed E-state index contributed by atoms with van der Waals surface area (Å²) in [6.45, 7) is 0. The summed E-state index contributed by atoms with van der Waals surface area (Å²) in [5, 5.41) is 9.90. The molecule has 0 aliphatic carbocycles.